The van der Waals surface area contributed by atoms with Crippen molar-refractivity contribution in [3.05, 3.63) is 33.9 Å². The highest BCUT2D eigenvalue weighted by atomic mass is 79.9. The zero-order chi connectivity index (χ0) is 20.4. The third-order valence-electron chi connectivity index (χ3n) is 4.44. The first-order valence-electron chi connectivity index (χ1n) is 8.80. The molecule has 1 saturated heterocycles. The van der Waals surface area contributed by atoms with E-state index in [1.165, 1.54) is 4.90 Å². The second-order valence-electron chi connectivity index (χ2n) is 7.58. The molecule has 1 aliphatic rings. The Labute approximate surface area is 167 Å². The number of ether oxygens (including phenoxy) is 1. The number of rotatable bonds is 3. The number of hydroxylamine groups is 2. The highest BCUT2D eigenvalue weighted by Crippen LogP contribution is 2.32. The second kappa shape index (κ2) is 7.97. The molecule has 0 bridgehead atoms. The van der Waals surface area contributed by atoms with Crippen LogP contribution in [0.5, 0.6) is 0 Å². The first-order valence-corrected chi connectivity index (χ1v) is 9.60. The van der Waals surface area contributed by atoms with Gasteiger partial charge in [-0.1, -0.05) is 15.9 Å². The summed E-state index contributed by atoms with van der Waals surface area (Å²) in [4.78, 5) is 27.0. The molecule has 1 aromatic rings. The van der Waals surface area contributed by atoms with Gasteiger partial charge in [-0.15, -0.1) is 0 Å². The molecule has 3 atom stereocenters. The van der Waals surface area contributed by atoms with E-state index in [2.05, 4.69) is 22.0 Å². The summed E-state index contributed by atoms with van der Waals surface area (Å²) in [6.07, 6.45) is -0.551. The van der Waals surface area contributed by atoms with Crippen LogP contribution in [0, 0.1) is 22.5 Å². The van der Waals surface area contributed by atoms with Gasteiger partial charge in [0.2, 0.25) is 0 Å². The van der Waals surface area contributed by atoms with Crippen LogP contribution >= 0.6 is 15.9 Å². The van der Waals surface area contributed by atoms with Gasteiger partial charge in [-0.25, -0.2) is 9.59 Å². The van der Waals surface area contributed by atoms with Crippen molar-refractivity contribution in [2.75, 3.05) is 13.1 Å². The highest BCUT2D eigenvalue weighted by Gasteiger charge is 2.47. The van der Waals surface area contributed by atoms with Crippen LogP contribution in [-0.4, -0.2) is 41.6 Å². The fourth-order valence-corrected chi connectivity index (χ4v) is 3.34. The number of hydrogen-bond acceptors (Lipinski definition) is 5. The number of carbonyl (C=O) groups is 2. The summed E-state index contributed by atoms with van der Waals surface area (Å²) in [7, 11) is 0. The molecule has 7 nitrogen and oxygen atoms in total. The summed E-state index contributed by atoms with van der Waals surface area (Å²) in [6.45, 7) is 6.86. The fraction of sp³-hybridized carbons (Fsp3) is 0.526. The van der Waals surface area contributed by atoms with Crippen LogP contribution in [0.15, 0.2) is 28.7 Å². The van der Waals surface area contributed by atoms with Crippen molar-refractivity contribution in [1.82, 2.24) is 9.55 Å². The lowest BCUT2D eigenvalue weighted by Gasteiger charge is -2.41. The SMILES string of the molecule is CC[N+]([O-])(C(=O)C1CC(C#N)CN1C(=O)OC(C)(C)C)c1ccc(Br)cc1. The van der Waals surface area contributed by atoms with E-state index in [-0.39, 0.29) is 25.2 Å². The molecule has 1 fully saturated rings. The molecule has 0 N–H and O–H groups in total. The molecular weight excluding hydrogens is 414 g/mol. The maximum Gasteiger partial charge on any atom is 0.411 e. The molecule has 2 rings (SSSR count). The van der Waals surface area contributed by atoms with Gasteiger partial charge in [-0.05, 0) is 46.2 Å². The van der Waals surface area contributed by atoms with E-state index in [1.807, 2.05) is 0 Å². The van der Waals surface area contributed by atoms with Crippen LogP contribution < -0.4 is 4.65 Å². The van der Waals surface area contributed by atoms with Crippen molar-refractivity contribution in [3.63, 3.8) is 0 Å². The van der Waals surface area contributed by atoms with Crippen LogP contribution in [-0.2, 0) is 9.53 Å². The van der Waals surface area contributed by atoms with Gasteiger partial charge >= 0.3 is 12.0 Å². The van der Waals surface area contributed by atoms with Crippen LogP contribution in [0.25, 0.3) is 0 Å². The number of likely N-dealkylation sites (N-methyl/N-ethyl adjacent to an activating group) is 1. The van der Waals surface area contributed by atoms with Gasteiger partial charge in [0.15, 0.2) is 6.04 Å². The van der Waals surface area contributed by atoms with Crippen molar-refractivity contribution >= 4 is 33.6 Å². The molecule has 0 radical (unpaired) electrons. The number of carbonyl (C=O) groups excluding carboxylic acids is 2. The zero-order valence-corrected chi connectivity index (χ0v) is 17.5. The Morgan fingerprint density at radius 1 is 1.37 bits per heavy atom. The third-order valence-corrected chi connectivity index (χ3v) is 4.97. The highest BCUT2D eigenvalue weighted by molar-refractivity contribution is 9.10. The smallest absolute Gasteiger partial charge is 0.411 e. The molecule has 27 heavy (non-hydrogen) atoms. The molecule has 0 spiro atoms. The zero-order valence-electron chi connectivity index (χ0n) is 15.9. The van der Waals surface area contributed by atoms with Gasteiger partial charge in [0.05, 0.1) is 18.5 Å². The largest absolute Gasteiger partial charge is 0.620 e. The van der Waals surface area contributed by atoms with Crippen molar-refractivity contribution in [2.24, 2.45) is 5.92 Å². The molecule has 1 aromatic carbocycles. The first-order chi connectivity index (χ1) is 12.5. The lowest BCUT2D eigenvalue weighted by molar-refractivity contribution is -0.132. The summed E-state index contributed by atoms with van der Waals surface area (Å²) in [6, 6.07) is 7.67. The average molecular weight is 438 g/mol. The Balaban J connectivity index is 2.35. The molecule has 1 heterocycles. The summed E-state index contributed by atoms with van der Waals surface area (Å²) in [5.41, 5.74) is -0.454. The van der Waals surface area contributed by atoms with Gasteiger partial charge in [0, 0.05) is 23.2 Å². The molecule has 0 aliphatic carbocycles. The molecule has 2 amide bonds. The van der Waals surface area contributed by atoms with Crippen LogP contribution in [0.1, 0.15) is 34.1 Å². The van der Waals surface area contributed by atoms with E-state index >= 15 is 0 Å². The standard InChI is InChI=1S/C19H24BrN3O4/c1-5-23(26,15-8-6-14(20)7-9-15)17(24)16-10-13(11-21)12-22(16)18(25)27-19(2,3)4/h6-9,13,16H,5,10,12H2,1-4H3. The normalized spacial score (nSPS) is 22.0. The first kappa shape index (κ1) is 21.4. The van der Waals surface area contributed by atoms with E-state index in [0.717, 1.165) is 4.47 Å². The van der Waals surface area contributed by atoms with Gasteiger partial charge < -0.3 is 9.94 Å². The lowest BCUT2D eigenvalue weighted by Crippen LogP contribution is -2.57. The van der Waals surface area contributed by atoms with Gasteiger partial charge in [0.25, 0.3) is 0 Å². The maximum absolute atomic E-state index is 13.4. The predicted octanol–water partition coefficient (Wildman–Crippen LogP) is 3.95. The Kier molecular flexibility index (Phi) is 6.30. The monoisotopic (exact) mass is 437 g/mol. The minimum absolute atomic E-state index is 0.0175. The number of likely N-dealkylation sites (tertiary alicyclic amines) is 1. The number of nitrogens with zero attached hydrogens (tertiary/aromatic N) is 3. The number of hydrogen-bond donors (Lipinski definition) is 0. The fourth-order valence-electron chi connectivity index (χ4n) is 3.07. The second-order valence-corrected chi connectivity index (χ2v) is 8.50. The molecule has 8 heteroatoms. The van der Waals surface area contributed by atoms with E-state index < -0.39 is 34.2 Å². The van der Waals surface area contributed by atoms with Crippen LogP contribution in [0.3, 0.4) is 0 Å². The minimum Gasteiger partial charge on any atom is -0.620 e. The van der Waals surface area contributed by atoms with Crippen molar-refractivity contribution in [1.29, 1.82) is 5.26 Å². The molecule has 0 aromatic heterocycles. The van der Waals surface area contributed by atoms with E-state index in [4.69, 9.17) is 4.74 Å². The predicted molar refractivity (Wildman–Crippen MR) is 105 cm³/mol. The topological polar surface area (TPSA) is 93.5 Å². The summed E-state index contributed by atoms with van der Waals surface area (Å²) in [5, 5.41) is 22.7. The quantitative estimate of drug-likeness (QED) is 0.526. The summed E-state index contributed by atoms with van der Waals surface area (Å²) in [5.74, 6) is -1.18. The van der Waals surface area contributed by atoms with E-state index in [1.54, 1.807) is 52.0 Å². The molecule has 1 aliphatic heterocycles. The number of amides is 2. The Morgan fingerprint density at radius 3 is 2.44 bits per heavy atom. The molecule has 0 saturated carbocycles. The van der Waals surface area contributed by atoms with Crippen molar-refractivity contribution in [3.8, 4) is 6.07 Å². The summed E-state index contributed by atoms with van der Waals surface area (Å²) >= 11 is 3.31. The Morgan fingerprint density at radius 2 is 1.96 bits per heavy atom. The van der Waals surface area contributed by atoms with Crippen LogP contribution in [0.2, 0.25) is 0 Å². The maximum atomic E-state index is 13.4. The number of quaternary nitrogens is 1. The number of nitriles is 1. The molecule has 3 unspecified atom stereocenters. The Bertz CT molecular complexity index is 754. The van der Waals surface area contributed by atoms with Gasteiger partial charge in [0.1, 0.15) is 11.3 Å². The van der Waals surface area contributed by atoms with Crippen LogP contribution in [0.4, 0.5) is 10.5 Å². The number of benzene rings is 1. The molecule has 146 valence electrons. The Hall–Kier alpha value is -1.95. The van der Waals surface area contributed by atoms with Crippen molar-refractivity contribution in [2.45, 2.75) is 45.8 Å². The molecular formula is C19H24BrN3O4. The van der Waals surface area contributed by atoms with Gasteiger partial charge in [-0.2, -0.15) is 5.26 Å². The average Bonchev–Trinajstić information content (AvgIpc) is 3.04. The minimum atomic E-state index is -1.20. The summed E-state index contributed by atoms with van der Waals surface area (Å²) < 4.78 is 4.97. The van der Waals surface area contributed by atoms with E-state index in [9.17, 15) is 20.1 Å². The van der Waals surface area contributed by atoms with Crippen molar-refractivity contribution < 1.29 is 14.3 Å². The van der Waals surface area contributed by atoms with Gasteiger partial charge in [-0.3, -0.25) is 9.55 Å². The number of halogens is 1. The third kappa shape index (κ3) is 4.67. The van der Waals surface area contributed by atoms with E-state index in [0.29, 0.717) is 0 Å². The lowest BCUT2D eigenvalue weighted by atomic mass is 10.1.